The van der Waals surface area contributed by atoms with Crippen LogP contribution in [0.25, 0.3) is 0 Å². The molecule has 1 N–H and O–H groups in total. The van der Waals surface area contributed by atoms with Gasteiger partial charge in [-0.3, -0.25) is 0 Å². The lowest BCUT2D eigenvalue weighted by Crippen LogP contribution is -2.40. The van der Waals surface area contributed by atoms with Crippen molar-refractivity contribution in [2.75, 3.05) is 26.2 Å². The summed E-state index contributed by atoms with van der Waals surface area (Å²) in [6.45, 7) is 9.64. The molecule has 0 aromatic carbocycles. The molecule has 0 aliphatic carbocycles. The maximum atomic E-state index is 3.47. The van der Waals surface area contributed by atoms with Crippen LogP contribution in [-0.2, 0) is 0 Å². The molecule has 1 saturated heterocycles. The maximum Gasteiger partial charge on any atom is 0.00925 e. The third-order valence-electron chi connectivity index (χ3n) is 3.21. The lowest BCUT2D eigenvalue weighted by Gasteiger charge is -2.32. The van der Waals surface area contributed by atoms with Crippen LogP contribution in [0, 0.1) is 0 Å². The molecular formula is C12H26N2. The van der Waals surface area contributed by atoms with Crippen LogP contribution in [0.3, 0.4) is 0 Å². The normalized spacial score (nSPS) is 22.7. The van der Waals surface area contributed by atoms with Crippen molar-refractivity contribution in [3.05, 3.63) is 0 Å². The highest BCUT2D eigenvalue weighted by Crippen LogP contribution is 2.12. The second-order valence-electron chi connectivity index (χ2n) is 4.34. The molecule has 0 amide bonds. The fourth-order valence-electron chi connectivity index (χ4n) is 2.39. The molecule has 1 aliphatic rings. The average Bonchev–Trinajstić information content (AvgIpc) is 2.15. The summed E-state index contributed by atoms with van der Waals surface area (Å²) < 4.78 is 0. The number of rotatable bonds is 4. The van der Waals surface area contributed by atoms with Gasteiger partial charge < -0.3 is 10.2 Å². The van der Waals surface area contributed by atoms with Crippen LogP contribution in [0.2, 0.25) is 0 Å². The Morgan fingerprint density at radius 3 is 2.29 bits per heavy atom. The first-order valence-electron chi connectivity index (χ1n) is 6.33. The summed E-state index contributed by atoms with van der Waals surface area (Å²) in [4.78, 5) is 2.71. The molecule has 2 heteroatoms. The lowest BCUT2D eigenvalue weighted by atomic mass is 10.1. The molecule has 1 rings (SSSR count). The Labute approximate surface area is 89.1 Å². The van der Waals surface area contributed by atoms with Crippen molar-refractivity contribution in [1.29, 1.82) is 0 Å². The molecule has 0 spiro atoms. The van der Waals surface area contributed by atoms with E-state index in [1.807, 2.05) is 0 Å². The fourth-order valence-corrected chi connectivity index (χ4v) is 2.39. The van der Waals surface area contributed by atoms with Gasteiger partial charge >= 0.3 is 0 Å². The van der Waals surface area contributed by atoms with Crippen LogP contribution in [0.15, 0.2) is 0 Å². The zero-order valence-electron chi connectivity index (χ0n) is 9.89. The summed E-state index contributed by atoms with van der Waals surface area (Å²) in [6, 6.07) is 0.845. The van der Waals surface area contributed by atoms with Gasteiger partial charge in [0.1, 0.15) is 0 Å². The number of hydrogen-bond acceptors (Lipinski definition) is 2. The molecule has 1 heterocycles. The largest absolute Gasteiger partial charge is 0.317 e. The summed E-state index contributed by atoms with van der Waals surface area (Å²) in [7, 11) is 0. The van der Waals surface area contributed by atoms with Gasteiger partial charge in [-0.25, -0.2) is 0 Å². The quantitative estimate of drug-likeness (QED) is 0.745. The Balaban J connectivity index is 2.35. The number of hydrogen-bond donors (Lipinski definition) is 1. The monoisotopic (exact) mass is 198 g/mol. The van der Waals surface area contributed by atoms with Gasteiger partial charge in [-0.05, 0) is 51.9 Å². The van der Waals surface area contributed by atoms with Crippen molar-refractivity contribution in [2.24, 2.45) is 0 Å². The minimum Gasteiger partial charge on any atom is -0.317 e. The Hall–Kier alpha value is -0.0800. The summed E-state index contributed by atoms with van der Waals surface area (Å²) in [5.41, 5.74) is 0. The van der Waals surface area contributed by atoms with Crippen molar-refractivity contribution < 1.29 is 0 Å². The van der Waals surface area contributed by atoms with E-state index >= 15 is 0 Å². The molecule has 84 valence electrons. The van der Waals surface area contributed by atoms with E-state index in [9.17, 15) is 0 Å². The summed E-state index contributed by atoms with van der Waals surface area (Å²) in [6.07, 6.45) is 6.67. The second-order valence-corrected chi connectivity index (χ2v) is 4.34. The molecular weight excluding hydrogens is 172 g/mol. The Morgan fingerprint density at radius 1 is 1.14 bits per heavy atom. The second kappa shape index (κ2) is 7.24. The van der Waals surface area contributed by atoms with Gasteiger partial charge in [-0.15, -0.1) is 0 Å². The fraction of sp³-hybridized carbons (Fsp3) is 1.00. The lowest BCUT2D eigenvalue weighted by molar-refractivity contribution is 0.168. The predicted molar refractivity (Wildman–Crippen MR) is 62.7 cm³/mol. The highest BCUT2D eigenvalue weighted by Gasteiger charge is 2.15. The van der Waals surface area contributed by atoms with Gasteiger partial charge in [0.25, 0.3) is 0 Å². The highest BCUT2D eigenvalue weighted by molar-refractivity contribution is 4.72. The Bertz CT molecular complexity index is 128. The van der Waals surface area contributed by atoms with E-state index in [-0.39, 0.29) is 0 Å². The van der Waals surface area contributed by atoms with Gasteiger partial charge in [0.2, 0.25) is 0 Å². The minimum atomic E-state index is 0.845. The van der Waals surface area contributed by atoms with Crippen molar-refractivity contribution in [2.45, 2.75) is 52.0 Å². The summed E-state index contributed by atoms with van der Waals surface area (Å²) in [5, 5.41) is 3.47. The van der Waals surface area contributed by atoms with Crippen molar-refractivity contribution in [3.8, 4) is 0 Å². The van der Waals surface area contributed by atoms with Crippen LogP contribution in [0.1, 0.15) is 46.0 Å². The first kappa shape index (κ1) is 12.0. The third kappa shape index (κ3) is 3.97. The van der Waals surface area contributed by atoms with E-state index < -0.39 is 0 Å². The van der Waals surface area contributed by atoms with Crippen LogP contribution in [0.5, 0.6) is 0 Å². The van der Waals surface area contributed by atoms with Crippen molar-refractivity contribution in [1.82, 2.24) is 10.2 Å². The third-order valence-corrected chi connectivity index (χ3v) is 3.21. The standard InChI is InChI=1S/C12H26N2/c1-3-7-12(4-2)14-10-5-8-13-9-6-11-14/h12-13H,3-11H2,1-2H3. The molecule has 14 heavy (non-hydrogen) atoms. The average molecular weight is 198 g/mol. The van der Waals surface area contributed by atoms with E-state index in [0.717, 1.165) is 6.04 Å². The van der Waals surface area contributed by atoms with E-state index in [1.165, 1.54) is 58.3 Å². The van der Waals surface area contributed by atoms with Crippen LogP contribution in [-0.4, -0.2) is 37.1 Å². The summed E-state index contributed by atoms with van der Waals surface area (Å²) >= 11 is 0. The Kier molecular flexibility index (Phi) is 6.20. The molecule has 0 bridgehead atoms. The summed E-state index contributed by atoms with van der Waals surface area (Å²) in [5.74, 6) is 0. The zero-order valence-corrected chi connectivity index (χ0v) is 9.89. The maximum absolute atomic E-state index is 3.47. The van der Waals surface area contributed by atoms with Gasteiger partial charge in [0, 0.05) is 6.04 Å². The van der Waals surface area contributed by atoms with Gasteiger partial charge in [0.15, 0.2) is 0 Å². The van der Waals surface area contributed by atoms with E-state index in [0.29, 0.717) is 0 Å². The predicted octanol–water partition coefficient (Wildman–Crippen LogP) is 2.25. The molecule has 1 fully saturated rings. The smallest absolute Gasteiger partial charge is 0.00925 e. The van der Waals surface area contributed by atoms with E-state index in [2.05, 4.69) is 24.1 Å². The van der Waals surface area contributed by atoms with Crippen molar-refractivity contribution >= 4 is 0 Å². The van der Waals surface area contributed by atoms with Gasteiger partial charge in [-0.1, -0.05) is 20.3 Å². The van der Waals surface area contributed by atoms with E-state index in [1.54, 1.807) is 0 Å². The molecule has 0 radical (unpaired) electrons. The molecule has 1 aliphatic heterocycles. The first-order chi connectivity index (χ1) is 6.88. The number of nitrogens with one attached hydrogen (secondary N) is 1. The van der Waals surface area contributed by atoms with Gasteiger partial charge in [0.05, 0.1) is 0 Å². The van der Waals surface area contributed by atoms with Crippen molar-refractivity contribution in [3.63, 3.8) is 0 Å². The molecule has 1 unspecified atom stereocenters. The van der Waals surface area contributed by atoms with Crippen LogP contribution < -0.4 is 5.32 Å². The van der Waals surface area contributed by atoms with Gasteiger partial charge in [-0.2, -0.15) is 0 Å². The SMILES string of the molecule is CCCC(CC)N1CCCNCCC1. The molecule has 2 nitrogen and oxygen atoms in total. The minimum absolute atomic E-state index is 0.845. The topological polar surface area (TPSA) is 15.3 Å². The number of nitrogens with zero attached hydrogens (tertiary/aromatic N) is 1. The Morgan fingerprint density at radius 2 is 1.79 bits per heavy atom. The molecule has 0 aromatic heterocycles. The zero-order chi connectivity index (χ0) is 10.2. The molecule has 0 saturated carbocycles. The van der Waals surface area contributed by atoms with Crippen LogP contribution >= 0.6 is 0 Å². The molecule has 0 aromatic rings. The highest BCUT2D eigenvalue weighted by atomic mass is 15.2. The molecule has 1 atom stereocenters. The van der Waals surface area contributed by atoms with E-state index in [4.69, 9.17) is 0 Å². The van der Waals surface area contributed by atoms with Crippen LogP contribution in [0.4, 0.5) is 0 Å². The first-order valence-corrected chi connectivity index (χ1v) is 6.33.